The zero-order valence-corrected chi connectivity index (χ0v) is 27.6. The second kappa shape index (κ2) is 12.7. The number of ether oxygens (including phenoxy) is 3. The van der Waals surface area contributed by atoms with E-state index in [9.17, 15) is 30.3 Å². The number of rotatable bonds is 7. The zero-order chi connectivity index (χ0) is 32.3. The Morgan fingerprint density at radius 2 is 1.86 bits per heavy atom. The maximum Gasteiger partial charge on any atom is 0.303 e. The highest BCUT2D eigenvalue weighted by Gasteiger charge is 2.65. The lowest BCUT2D eigenvalue weighted by Gasteiger charge is -2.60. The maximum absolute atomic E-state index is 12.0. The zero-order valence-electron chi connectivity index (χ0n) is 27.6. The lowest BCUT2D eigenvalue weighted by Crippen LogP contribution is -2.59. The Labute approximate surface area is 262 Å². The van der Waals surface area contributed by atoms with Crippen LogP contribution in [-0.2, 0) is 19.0 Å². The van der Waals surface area contributed by atoms with Crippen LogP contribution in [0.25, 0.3) is 0 Å². The predicted molar refractivity (Wildman–Crippen MR) is 164 cm³/mol. The molecule has 1 saturated heterocycles. The van der Waals surface area contributed by atoms with Crippen LogP contribution in [-0.4, -0.2) is 86.6 Å². The molecule has 1 aliphatic heterocycles. The monoisotopic (exact) mass is 620 g/mol. The summed E-state index contributed by atoms with van der Waals surface area (Å²) in [5.74, 6) is -0.477. The average molecular weight is 621 g/mol. The van der Waals surface area contributed by atoms with Gasteiger partial charge in [-0.05, 0) is 106 Å². The van der Waals surface area contributed by atoms with Crippen LogP contribution in [0.15, 0.2) is 23.3 Å². The van der Waals surface area contributed by atoms with E-state index < -0.39 is 55.0 Å². The van der Waals surface area contributed by atoms with Crippen molar-refractivity contribution in [2.45, 2.75) is 149 Å². The molecule has 0 bridgehead atoms. The van der Waals surface area contributed by atoms with Gasteiger partial charge in [-0.25, -0.2) is 0 Å². The third-order valence-corrected chi connectivity index (χ3v) is 12.4. The van der Waals surface area contributed by atoms with E-state index in [2.05, 4.69) is 26.8 Å². The Hall–Kier alpha value is -1.33. The van der Waals surface area contributed by atoms with E-state index in [-0.39, 0.29) is 46.5 Å². The molecule has 0 amide bonds. The molecule has 0 aromatic rings. The van der Waals surface area contributed by atoms with Gasteiger partial charge in [0.05, 0.1) is 30.5 Å². The molecule has 5 N–H and O–H groups in total. The molecular weight excluding hydrogens is 564 g/mol. The summed E-state index contributed by atoms with van der Waals surface area (Å²) >= 11 is 0. The summed E-state index contributed by atoms with van der Waals surface area (Å²) < 4.78 is 18.0. The van der Waals surface area contributed by atoms with Gasteiger partial charge in [-0.2, -0.15) is 0 Å². The third kappa shape index (κ3) is 5.96. The maximum atomic E-state index is 12.0. The second-order valence-corrected chi connectivity index (χ2v) is 15.5. The minimum Gasteiger partial charge on any atom is -0.457 e. The Morgan fingerprint density at radius 3 is 2.52 bits per heavy atom. The molecule has 16 atom stereocenters. The van der Waals surface area contributed by atoms with Crippen molar-refractivity contribution in [1.82, 2.24) is 0 Å². The number of hydrogen-bond acceptors (Lipinski definition) is 9. The average Bonchev–Trinajstić information content (AvgIpc) is 3.23. The SMILES string of the molecule is CC(=O)OC1C(O)C(C)OC(OC2CC3C4CC=C5CC(O)CCC5(C)C4C(O)CC3(C)C2C(C)C(O)CC=C(C)C)C1O. The smallest absolute Gasteiger partial charge is 0.303 e. The van der Waals surface area contributed by atoms with E-state index in [4.69, 9.17) is 14.2 Å². The summed E-state index contributed by atoms with van der Waals surface area (Å²) in [5, 5.41) is 55.8. The van der Waals surface area contributed by atoms with Gasteiger partial charge in [-0.3, -0.25) is 4.79 Å². The number of aliphatic hydroxyl groups is 5. The summed E-state index contributed by atoms with van der Waals surface area (Å²) in [5.41, 5.74) is 1.88. The molecule has 3 saturated carbocycles. The van der Waals surface area contributed by atoms with Crippen LogP contribution in [0, 0.1) is 40.4 Å². The predicted octanol–water partition coefficient (Wildman–Crippen LogP) is 3.64. The van der Waals surface area contributed by atoms with Crippen molar-refractivity contribution in [1.29, 1.82) is 0 Å². The van der Waals surface area contributed by atoms with Gasteiger partial charge in [0.25, 0.3) is 0 Å². The normalized spacial score (nSPS) is 48.2. The topological polar surface area (TPSA) is 146 Å². The molecule has 250 valence electrons. The minimum absolute atomic E-state index is 0.0680. The molecule has 4 fully saturated rings. The fourth-order valence-corrected chi connectivity index (χ4v) is 10.3. The summed E-state index contributed by atoms with van der Waals surface area (Å²) in [6.07, 6.45) is 1.67. The molecule has 0 radical (unpaired) electrons. The standard InChI is InChI=1S/C35H56O9/c1-17(2)8-11-25(38)18(3)28-27(44-33-31(41)32(43-20(5)36)30(40)19(4)42-33)15-24-23-10-9-21-14-22(37)12-13-34(21,6)29(23)26(39)16-35(24,28)7/h8-9,18-19,22-33,37-41H,10-16H2,1-7H3. The number of fused-ring (bicyclic) bond motifs is 5. The second-order valence-electron chi connectivity index (χ2n) is 15.5. The highest BCUT2D eigenvalue weighted by atomic mass is 16.7. The first-order valence-electron chi connectivity index (χ1n) is 16.8. The fraction of sp³-hybridized carbons (Fsp3) is 0.857. The van der Waals surface area contributed by atoms with E-state index in [1.54, 1.807) is 6.92 Å². The van der Waals surface area contributed by atoms with Crippen molar-refractivity contribution in [3.63, 3.8) is 0 Å². The molecule has 16 unspecified atom stereocenters. The number of hydrogen-bond donors (Lipinski definition) is 5. The van der Waals surface area contributed by atoms with E-state index in [1.165, 1.54) is 12.5 Å². The molecule has 0 aromatic heterocycles. The first kappa shape index (κ1) is 34.0. The quantitative estimate of drug-likeness (QED) is 0.213. The number of carbonyl (C=O) groups is 1. The molecule has 5 rings (SSSR count). The van der Waals surface area contributed by atoms with Gasteiger partial charge in [0.2, 0.25) is 0 Å². The Kier molecular flexibility index (Phi) is 9.82. The molecule has 5 aliphatic rings. The van der Waals surface area contributed by atoms with Crippen molar-refractivity contribution in [2.75, 3.05) is 0 Å². The Balaban J connectivity index is 1.49. The summed E-state index contributed by atoms with van der Waals surface area (Å²) in [7, 11) is 0. The lowest BCUT2D eigenvalue weighted by atomic mass is 9.46. The number of esters is 1. The van der Waals surface area contributed by atoms with Crippen LogP contribution < -0.4 is 0 Å². The van der Waals surface area contributed by atoms with Crippen LogP contribution in [0.2, 0.25) is 0 Å². The van der Waals surface area contributed by atoms with Crippen LogP contribution >= 0.6 is 0 Å². The van der Waals surface area contributed by atoms with E-state index in [1.807, 2.05) is 19.9 Å². The van der Waals surface area contributed by atoms with Crippen molar-refractivity contribution in [3.8, 4) is 0 Å². The number of aliphatic hydroxyl groups excluding tert-OH is 5. The summed E-state index contributed by atoms with van der Waals surface area (Å²) in [6.45, 7) is 13.5. The minimum atomic E-state index is -1.39. The van der Waals surface area contributed by atoms with Gasteiger partial charge in [0, 0.05) is 6.92 Å². The van der Waals surface area contributed by atoms with Gasteiger partial charge in [-0.1, -0.05) is 44.1 Å². The van der Waals surface area contributed by atoms with Crippen molar-refractivity contribution in [3.05, 3.63) is 23.3 Å². The highest BCUT2D eigenvalue weighted by Crippen LogP contribution is 2.68. The highest BCUT2D eigenvalue weighted by molar-refractivity contribution is 5.66. The van der Waals surface area contributed by atoms with Crippen LogP contribution in [0.1, 0.15) is 93.4 Å². The van der Waals surface area contributed by atoms with Gasteiger partial charge in [-0.15, -0.1) is 0 Å². The number of allylic oxidation sites excluding steroid dienone is 2. The first-order valence-corrected chi connectivity index (χ1v) is 16.8. The van der Waals surface area contributed by atoms with Crippen molar-refractivity contribution in [2.24, 2.45) is 40.4 Å². The van der Waals surface area contributed by atoms with E-state index in [0.29, 0.717) is 25.7 Å². The van der Waals surface area contributed by atoms with Crippen molar-refractivity contribution >= 4 is 5.97 Å². The molecular formula is C35H56O9. The third-order valence-electron chi connectivity index (χ3n) is 12.4. The Morgan fingerprint density at radius 1 is 1.16 bits per heavy atom. The van der Waals surface area contributed by atoms with E-state index >= 15 is 0 Å². The largest absolute Gasteiger partial charge is 0.457 e. The molecule has 0 aromatic carbocycles. The Bertz CT molecular complexity index is 1120. The number of carbonyl (C=O) groups excluding carboxylic acids is 1. The first-order chi connectivity index (χ1) is 20.6. The molecule has 9 nitrogen and oxygen atoms in total. The van der Waals surface area contributed by atoms with Crippen LogP contribution in [0.4, 0.5) is 0 Å². The van der Waals surface area contributed by atoms with Crippen molar-refractivity contribution < 1.29 is 44.5 Å². The van der Waals surface area contributed by atoms with Crippen LogP contribution in [0.5, 0.6) is 0 Å². The van der Waals surface area contributed by atoms with Crippen LogP contribution in [0.3, 0.4) is 0 Å². The van der Waals surface area contributed by atoms with Gasteiger partial charge in [0.1, 0.15) is 12.2 Å². The fourth-order valence-electron chi connectivity index (χ4n) is 10.3. The molecule has 0 spiro atoms. The lowest BCUT2D eigenvalue weighted by molar-refractivity contribution is -0.311. The summed E-state index contributed by atoms with van der Waals surface area (Å²) in [6, 6.07) is 0. The molecule has 9 heteroatoms. The molecule has 4 aliphatic carbocycles. The van der Waals surface area contributed by atoms with Gasteiger partial charge < -0.3 is 39.7 Å². The van der Waals surface area contributed by atoms with E-state index in [0.717, 1.165) is 24.8 Å². The summed E-state index contributed by atoms with van der Waals surface area (Å²) in [4.78, 5) is 11.8. The molecule has 1 heterocycles. The van der Waals surface area contributed by atoms with Gasteiger partial charge in [0.15, 0.2) is 12.4 Å². The molecule has 44 heavy (non-hydrogen) atoms. The van der Waals surface area contributed by atoms with Gasteiger partial charge >= 0.3 is 5.97 Å².